The molecule has 0 unspecified atom stereocenters. The summed E-state index contributed by atoms with van der Waals surface area (Å²) in [5.74, 6) is 0.837. The van der Waals surface area contributed by atoms with Gasteiger partial charge in [0.15, 0.2) is 4.34 Å². The minimum Gasteiger partial charge on any atom is -0.217 e. The molecule has 20 heavy (non-hydrogen) atoms. The Kier molecular flexibility index (Phi) is 3.76. The zero-order valence-corrected chi connectivity index (χ0v) is 12.9. The standard InChI is InChI=1S/C14H14FN3S2/c1-3-8-19-14-17-18-9(2)12(16-13(18)20-14)10-4-6-11(15)7-5-10/h4-7H,3,8H2,1-2H3. The number of aryl methyl sites for hydroxylation is 1. The lowest BCUT2D eigenvalue weighted by atomic mass is 10.1. The first kappa shape index (κ1) is 13.6. The van der Waals surface area contributed by atoms with Gasteiger partial charge >= 0.3 is 0 Å². The summed E-state index contributed by atoms with van der Waals surface area (Å²) in [6, 6.07) is 6.42. The van der Waals surface area contributed by atoms with E-state index < -0.39 is 0 Å². The van der Waals surface area contributed by atoms with Crippen molar-refractivity contribution in [2.75, 3.05) is 5.75 Å². The zero-order chi connectivity index (χ0) is 14.1. The van der Waals surface area contributed by atoms with Crippen LogP contribution in [0.15, 0.2) is 28.6 Å². The van der Waals surface area contributed by atoms with E-state index in [1.54, 1.807) is 35.2 Å². The second-order valence-corrected chi connectivity index (χ2v) is 6.76. The predicted molar refractivity (Wildman–Crippen MR) is 82.0 cm³/mol. The van der Waals surface area contributed by atoms with E-state index in [0.717, 1.165) is 38.4 Å². The van der Waals surface area contributed by atoms with Crippen LogP contribution in [-0.2, 0) is 0 Å². The number of fused-ring (bicyclic) bond motifs is 1. The van der Waals surface area contributed by atoms with Crippen LogP contribution >= 0.6 is 23.1 Å². The van der Waals surface area contributed by atoms with Crippen molar-refractivity contribution >= 4 is 28.1 Å². The molecule has 0 radical (unpaired) electrons. The normalized spacial score (nSPS) is 11.3. The number of rotatable bonds is 4. The molecule has 0 fully saturated rings. The highest BCUT2D eigenvalue weighted by atomic mass is 32.2. The van der Waals surface area contributed by atoms with Crippen molar-refractivity contribution in [2.45, 2.75) is 24.6 Å². The zero-order valence-electron chi connectivity index (χ0n) is 11.3. The van der Waals surface area contributed by atoms with Crippen LogP contribution in [0.3, 0.4) is 0 Å². The van der Waals surface area contributed by atoms with Crippen molar-refractivity contribution in [3.05, 3.63) is 35.8 Å². The molecule has 2 aromatic heterocycles. The van der Waals surface area contributed by atoms with Crippen molar-refractivity contribution in [3.63, 3.8) is 0 Å². The average Bonchev–Trinajstić information content (AvgIpc) is 2.97. The van der Waals surface area contributed by atoms with Crippen molar-refractivity contribution in [3.8, 4) is 11.3 Å². The molecule has 3 rings (SSSR count). The summed E-state index contributed by atoms with van der Waals surface area (Å²) < 4.78 is 15.9. The molecule has 104 valence electrons. The van der Waals surface area contributed by atoms with Crippen LogP contribution < -0.4 is 0 Å². The Hall–Kier alpha value is -1.40. The van der Waals surface area contributed by atoms with Gasteiger partial charge < -0.3 is 0 Å². The second kappa shape index (κ2) is 5.54. The van der Waals surface area contributed by atoms with Crippen molar-refractivity contribution in [1.29, 1.82) is 0 Å². The average molecular weight is 307 g/mol. The Bertz CT molecular complexity index is 731. The van der Waals surface area contributed by atoms with Crippen LogP contribution in [0.1, 0.15) is 19.0 Å². The lowest BCUT2D eigenvalue weighted by Gasteiger charge is -1.98. The van der Waals surface area contributed by atoms with Gasteiger partial charge in [0.05, 0.1) is 11.4 Å². The molecular weight excluding hydrogens is 293 g/mol. The molecule has 0 aliphatic heterocycles. The summed E-state index contributed by atoms with van der Waals surface area (Å²) >= 11 is 3.36. The van der Waals surface area contributed by atoms with Gasteiger partial charge in [-0.15, -0.1) is 5.10 Å². The molecule has 0 aliphatic carbocycles. The Labute approximate surface area is 124 Å². The molecule has 0 aliphatic rings. The Morgan fingerprint density at radius 1 is 1.30 bits per heavy atom. The molecule has 1 aromatic carbocycles. The number of hydrogen-bond donors (Lipinski definition) is 0. The van der Waals surface area contributed by atoms with Gasteiger partial charge in [0.25, 0.3) is 0 Å². The highest BCUT2D eigenvalue weighted by Gasteiger charge is 2.14. The molecule has 0 saturated heterocycles. The Morgan fingerprint density at radius 2 is 2.05 bits per heavy atom. The number of thioether (sulfide) groups is 1. The van der Waals surface area contributed by atoms with Gasteiger partial charge in [-0.3, -0.25) is 0 Å². The molecule has 0 saturated carbocycles. The van der Waals surface area contributed by atoms with Gasteiger partial charge in [-0.25, -0.2) is 13.9 Å². The largest absolute Gasteiger partial charge is 0.217 e. The smallest absolute Gasteiger partial charge is 0.213 e. The van der Waals surface area contributed by atoms with Crippen molar-refractivity contribution < 1.29 is 4.39 Å². The first-order chi connectivity index (χ1) is 9.69. The van der Waals surface area contributed by atoms with Crippen molar-refractivity contribution in [1.82, 2.24) is 14.6 Å². The summed E-state index contributed by atoms with van der Waals surface area (Å²) in [4.78, 5) is 5.51. The van der Waals surface area contributed by atoms with Crippen LogP contribution in [0.4, 0.5) is 4.39 Å². The maximum Gasteiger partial charge on any atom is 0.213 e. The van der Waals surface area contributed by atoms with E-state index >= 15 is 0 Å². The van der Waals surface area contributed by atoms with Crippen LogP contribution in [-0.4, -0.2) is 20.4 Å². The Balaban J connectivity index is 1.99. The highest BCUT2D eigenvalue weighted by molar-refractivity contribution is 8.01. The fraction of sp³-hybridized carbons (Fsp3) is 0.286. The molecule has 0 atom stereocenters. The third-order valence-electron chi connectivity index (χ3n) is 2.96. The summed E-state index contributed by atoms with van der Waals surface area (Å²) in [5.41, 5.74) is 2.78. The highest BCUT2D eigenvalue weighted by Crippen LogP contribution is 2.30. The summed E-state index contributed by atoms with van der Waals surface area (Å²) in [6.45, 7) is 4.15. The molecule has 3 aromatic rings. The van der Waals surface area contributed by atoms with E-state index in [4.69, 9.17) is 0 Å². The lowest BCUT2D eigenvalue weighted by molar-refractivity contribution is 0.628. The van der Waals surface area contributed by atoms with Gasteiger partial charge in [-0.2, -0.15) is 0 Å². The van der Waals surface area contributed by atoms with Crippen LogP contribution in [0, 0.1) is 12.7 Å². The van der Waals surface area contributed by atoms with E-state index in [1.165, 1.54) is 12.1 Å². The molecule has 0 spiro atoms. The van der Waals surface area contributed by atoms with Gasteiger partial charge in [0.2, 0.25) is 4.96 Å². The van der Waals surface area contributed by atoms with Gasteiger partial charge in [-0.1, -0.05) is 30.0 Å². The minimum atomic E-state index is -0.233. The monoisotopic (exact) mass is 307 g/mol. The summed E-state index contributed by atoms with van der Waals surface area (Å²) in [6.07, 6.45) is 1.13. The molecule has 0 N–H and O–H groups in total. The molecule has 6 heteroatoms. The molecular formula is C14H14FN3S2. The number of imidazole rings is 1. The van der Waals surface area contributed by atoms with Gasteiger partial charge in [0.1, 0.15) is 5.82 Å². The topological polar surface area (TPSA) is 30.2 Å². The third kappa shape index (κ3) is 2.45. The van der Waals surface area contributed by atoms with Crippen molar-refractivity contribution in [2.24, 2.45) is 0 Å². The summed E-state index contributed by atoms with van der Waals surface area (Å²) in [7, 11) is 0. The minimum absolute atomic E-state index is 0.233. The van der Waals surface area contributed by atoms with E-state index in [2.05, 4.69) is 17.0 Å². The SMILES string of the molecule is CCCSc1nn2c(C)c(-c3ccc(F)cc3)nc2s1. The maximum atomic E-state index is 13.0. The quantitative estimate of drug-likeness (QED) is 0.669. The molecule has 2 heterocycles. The number of halogens is 1. The fourth-order valence-corrected chi connectivity index (χ4v) is 3.87. The molecule has 3 nitrogen and oxygen atoms in total. The predicted octanol–water partition coefficient (Wildman–Crippen LogP) is 4.41. The number of hydrogen-bond acceptors (Lipinski definition) is 4. The molecule has 0 amide bonds. The van der Waals surface area contributed by atoms with Crippen LogP contribution in [0.5, 0.6) is 0 Å². The second-order valence-electron chi connectivity index (χ2n) is 4.46. The number of nitrogens with zero attached hydrogens (tertiary/aromatic N) is 3. The Morgan fingerprint density at radius 3 is 2.70 bits per heavy atom. The first-order valence-corrected chi connectivity index (χ1v) is 8.24. The van der Waals surface area contributed by atoms with Crippen LogP contribution in [0.25, 0.3) is 16.2 Å². The lowest BCUT2D eigenvalue weighted by Crippen LogP contribution is -1.89. The van der Waals surface area contributed by atoms with E-state index in [1.807, 2.05) is 11.4 Å². The van der Waals surface area contributed by atoms with Gasteiger partial charge in [0, 0.05) is 11.3 Å². The first-order valence-electron chi connectivity index (χ1n) is 6.44. The fourth-order valence-electron chi connectivity index (χ4n) is 1.96. The van der Waals surface area contributed by atoms with Crippen LogP contribution in [0.2, 0.25) is 0 Å². The molecule has 0 bridgehead atoms. The van der Waals surface area contributed by atoms with E-state index in [0.29, 0.717) is 0 Å². The van der Waals surface area contributed by atoms with E-state index in [-0.39, 0.29) is 5.82 Å². The summed E-state index contributed by atoms with van der Waals surface area (Å²) in [5, 5.41) is 4.58. The number of benzene rings is 1. The van der Waals surface area contributed by atoms with Gasteiger partial charge in [-0.05, 0) is 37.6 Å². The maximum absolute atomic E-state index is 13.0. The third-order valence-corrected chi connectivity index (χ3v) is 5.20. The van der Waals surface area contributed by atoms with E-state index in [9.17, 15) is 4.39 Å². The number of aromatic nitrogens is 3.